The van der Waals surface area contributed by atoms with Gasteiger partial charge < -0.3 is 5.32 Å². The van der Waals surface area contributed by atoms with Crippen LogP contribution in [-0.2, 0) is 21.2 Å². The monoisotopic (exact) mass is 338 g/mol. The van der Waals surface area contributed by atoms with Gasteiger partial charge in [-0.3, -0.25) is 4.79 Å². The lowest BCUT2D eigenvalue weighted by molar-refractivity contribution is -0.115. The number of hydrogen-bond donors (Lipinski definition) is 1. The molecule has 22 heavy (non-hydrogen) atoms. The number of thiophene rings is 1. The first-order valence-electron chi connectivity index (χ1n) is 6.65. The third-order valence-corrected chi connectivity index (χ3v) is 5.75. The van der Waals surface area contributed by atoms with Crippen molar-refractivity contribution in [2.75, 3.05) is 19.4 Å². The van der Waals surface area contributed by atoms with Crippen LogP contribution in [0.25, 0.3) is 0 Å². The first kappa shape index (κ1) is 16.7. The maximum Gasteiger partial charge on any atom is 0.242 e. The Labute approximate surface area is 134 Å². The van der Waals surface area contributed by atoms with E-state index in [4.69, 9.17) is 0 Å². The molecule has 0 radical (unpaired) electrons. The van der Waals surface area contributed by atoms with Crippen molar-refractivity contribution in [1.82, 2.24) is 4.31 Å². The molecular formula is C15H18N2O3S2. The lowest BCUT2D eigenvalue weighted by Gasteiger charge is -2.14. The van der Waals surface area contributed by atoms with Crippen molar-refractivity contribution in [2.45, 2.75) is 18.2 Å². The zero-order chi connectivity index (χ0) is 16.3. The van der Waals surface area contributed by atoms with Crippen LogP contribution < -0.4 is 5.32 Å². The second-order valence-electron chi connectivity index (χ2n) is 5.12. The summed E-state index contributed by atoms with van der Waals surface area (Å²) in [6.07, 6.45) is 0.271. The fraction of sp³-hybridized carbons (Fsp3) is 0.267. The number of carbonyl (C=O) groups excluding carboxylic acids is 1. The highest BCUT2D eigenvalue weighted by Crippen LogP contribution is 2.22. The third-order valence-electron chi connectivity index (χ3n) is 3.21. The number of anilines is 1. The normalized spacial score (nSPS) is 11.6. The van der Waals surface area contributed by atoms with Crippen LogP contribution in [0.4, 0.5) is 5.69 Å². The van der Waals surface area contributed by atoms with Crippen molar-refractivity contribution in [2.24, 2.45) is 0 Å². The molecule has 1 aromatic heterocycles. The molecule has 0 saturated heterocycles. The predicted octanol–water partition coefficient (Wildman–Crippen LogP) is 2.49. The van der Waals surface area contributed by atoms with E-state index in [0.29, 0.717) is 5.69 Å². The second-order valence-corrected chi connectivity index (χ2v) is 8.05. The Morgan fingerprint density at radius 3 is 2.59 bits per heavy atom. The van der Waals surface area contributed by atoms with Crippen molar-refractivity contribution in [1.29, 1.82) is 0 Å². The first-order chi connectivity index (χ1) is 10.3. The van der Waals surface area contributed by atoms with E-state index in [-0.39, 0.29) is 17.2 Å². The maximum atomic E-state index is 12.2. The topological polar surface area (TPSA) is 66.5 Å². The predicted molar refractivity (Wildman–Crippen MR) is 88.7 cm³/mol. The minimum Gasteiger partial charge on any atom is -0.326 e. The lowest BCUT2D eigenvalue weighted by Crippen LogP contribution is -2.22. The van der Waals surface area contributed by atoms with E-state index in [0.717, 1.165) is 15.4 Å². The van der Waals surface area contributed by atoms with Gasteiger partial charge in [0.25, 0.3) is 0 Å². The molecule has 7 heteroatoms. The Balaban J connectivity index is 2.22. The molecule has 1 aromatic carbocycles. The highest BCUT2D eigenvalue weighted by Gasteiger charge is 2.18. The molecule has 1 heterocycles. The number of hydrogen-bond acceptors (Lipinski definition) is 4. The van der Waals surface area contributed by atoms with E-state index in [9.17, 15) is 13.2 Å². The maximum absolute atomic E-state index is 12.2. The molecular weight excluding hydrogens is 320 g/mol. The molecule has 5 nitrogen and oxygen atoms in total. The Bertz CT molecular complexity index is 766. The average Bonchev–Trinajstić information content (AvgIpc) is 2.93. The van der Waals surface area contributed by atoms with Gasteiger partial charge in [0.15, 0.2) is 0 Å². The van der Waals surface area contributed by atoms with Crippen LogP contribution in [0, 0.1) is 6.92 Å². The van der Waals surface area contributed by atoms with E-state index in [2.05, 4.69) is 5.32 Å². The zero-order valence-corrected chi connectivity index (χ0v) is 14.3. The van der Waals surface area contributed by atoms with E-state index in [1.54, 1.807) is 12.1 Å². The number of sulfonamides is 1. The summed E-state index contributed by atoms with van der Waals surface area (Å²) < 4.78 is 25.5. The van der Waals surface area contributed by atoms with E-state index in [1.165, 1.54) is 31.5 Å². The quantitative estimate of drug-likeness (QED) is 0.911. The summed E-state index contributed by atoms with van der Waals surface area (Å²) in [5.74, 6) is -0.166. The molecule has 1 amide bonds. The van der Waals surface area contributed by atoms with E-state index in [1.807, 2.05) is 23.8 Å². The van der Waals surface area contributed by atoms with Crippen LogP contribution in [0.15, 0.2) is 39.9 Å². The van der Waals surface area contributed by atoms with Crippen molar-refractivity contribution < 1.29 is 13.2 Å². The van der Waals surface area contributed by atoms with Crippen LogP contribution in [0.3, 0.4) is 0 Å². The van der Waals surface area contributed by atoms with Crippen molar-refractivity contribution >= 4 is 33.0 Å². The summed E-state index contributed by atoms with van der Waals surface area (Å²) in [4.78, 5) is 12.2. The Hall–Kier alpha value is -1.70. The highest BCUT2D eigenvalue weighted by molar-refractivity contribution is 7.89. The molecule has 2 rings (SSSR count). The fourth-order valence-electron chi connectivity index (χ4n) is 1.88. The molecule has 0 unspecified atom stereocenters. The van der Waals surface area contributed by atoms with Gasteiger partial charge in [-0.1, -0.05) is 6.07 Å². The van der Waals surface area contributed by atoms with Gasteiger partial charge in [-0.25, -0.2) is 12.7 Å². The van der Waals surface area contributed by atoms with Crippen LogP contribution in [-0.4, -0.2) is 32.7 Å². The molecule has 0 spiro atoms. The van der Waals surface area contributed by atoms with Gasteiger partial charge in [-0.15, -0.1) is 0 Å². The molecule has 0 fully saturated rings. The van der Waals surface area contributed by atoms with Gasteiger partial charge in [-0.05, 0) is 47.0 Å². The summed E-state index contributed by atoms with van der Waals surface area (Å²) in [5, 5.41) is 6.61. The number of nitrogens with one attached hydrogen (secondary N) is 1. The molecule has 0 aliphatic carbocycles. The SMILES string of the molecule is Cc1ccc(S(=O)(=O)N(C)C)cc1NC(=O)Cc1ccsc1. The minimum absolute atomic E-state index is 0.161. The van der Waals surface area contributed by atoms with Crippen molar-refractivity contribution in [3.8, 4) is 0 Å². The number of nitrogens with zero attached hydrogens (tertiary/aromatic N) is 1. The number of aryl methyl sites for hydroxylation is 1. The van der Waals surface area contributed by atoms with Crippen LogP contribution in [0.2, 0.25) is 0 Å². The molecule has 1 N–H and O–H groups in total. The van der Waals surface area contributed by atoms with Gasteiger partial charge in [-0.2, -0.15) is 11.3 Å². The van der Waals surface area contributed by atoms with Crippen molar-refractivity contribution in [3.05, 3.63) is 46.2 Å². The third kappa shape index (κ3) is 3.73. The fourth-order valence-corrected chi connectivity index (χ4v) is 3.48. The highest BCUT2D eigenvalue weighted by atomic mass is 32.2. The smallest absolute Gasteiger partial charge is 0.242 e. The van der Waals surface area contributed by atoms with Gasteiger partial charge in [0.1, 0.15) is 0 Å². The lowest BCUT2D eigenvalue weighted by atomic mass is 10.2. The summed E-state index contributed by atoms with van der Waals surface area (Å²) in [7, 11) is -0.566. The molecule has 0 atom stereocenters. The first-order valence-corrected chi connectivity index (χ1v) is 9.03. The van der Waals surface area contributed by atoms with E-state index < -0.39 is 10.0 Å². The van der Waals surface area contributed by atoms with Gasteiger partial charge in [0, 0.05) is 19.8 Å². The van der Waals surface area contributed by atoms with Crippen LogP contribution in [0.1, 0.15) is 11.1 Å². The molecule has 0 aliphatic heterocycles. The number of amides is 1. The van der Waals surface area contributed by atoms with Gasteiger partial charge >= 0.3 is 0 Å². The molecule has 118 valence electrons. The number of carbonyl (C=O) groups is 1. The molecule has 0 bridgehead atoms. The summed E-state index contributed by atoms with van der Waals surface area (Å²) in [6, 6.07) is 6.62. The summed E-state index contributed by atoms with van der Waals surface area (Å²) >= 11 is 1.54. The minimum atomic E-state index is -3.52. The number of benzene rings is 1. The Kier molecular flexibility index (Phi) is 5.00. The van der Waals surface area contributed by atoms with Gasteiger partial charge in [0.2, 0.25) is 15.9 Å². The Morgan fingerprint density at radius 1 is 1.27 bits per heavy atom. The van der Waals surface area contributed by atoms with Crippen LogP contribution in [0.5, 0.6) is 0 Å². The average molecular weight is 338 g/mol. The van der Waals surface area contributed by atoms with Crippen LogP contribution >= 0.6 is 11.3 Å². The van der Waals surface area contributed by atoms with Crippen molar-refractivity contribution in [3.63, 3.8) is 0 Å². The summed E-state index contributed by atoms with van der Waals surface area (Å²) in [6.45, 7) is 1.83. The standard InChI is InChI=1S/C15H18N2O3S2/c1-11-4-5-13(22(19,20)17(2)3)9-14(11)16-15(18)8-12-6-7-21-10-12/h4-7,9-10H,8H2,1-3H3,(H,16,18). The second kappa shape index (κ2) is 6.60. The number of rotatable bonds is 5. The molecule has 0 saturated carbocycles. The molecule has 2 aromatic rings. The summed E-state index contributed by atoms with van der Waals surface area (Å²) in [5.41, 5.74) is 2.27. The Morgan fingerprint density at radius 2 is 2.00 bits per heavy atom. The van der Waals surface area contributed by atoms with E-state index >= 15 is 0 Å². The zero-order valence-electron chi connectivity index (χ0n) is 12.7. The van der Waals surface area contributed by atoms with Gasteiger partial charge in [0.05, 0.1) is 11.3 Å². The molecule has 0 aliphatic rings. The largest absolute Gasteiger partial charge is 0.326 e.